The van der Waals surface area contributed by atoms with Gasteiger partial charge in [-0.2, -0.15) is 0 Å². The van der Waals surface area contributed by atoms with Gasteiger partial charge in [0.15, 0.2) is 0 Å². The molecule has 1 aromatic carbocycles. The molecule has 0 spiro atoms. The molecular weight excluding hydrogens is 280 g/mol. The van der Waals surface area contributed by atoms with Crippen molar-refractivity contribution >= 4 is 22.9 Å². The van der Waals surface area contributed by atoms with Crippen LogP contribution in [-0.2, 0) is 13.2 Å². The molecule has 102 valence electrons. The Morgan fingerprint density at radius 2 is 2.16 bits per heavy atom. The Morgan fingerprint density at radius 3 is 2.89 bits per heavy atom. The van der Waals surface area contributed by atoms with E-state index in [0.717, 1.165) is 11.6 Å². The number of halogens is 1. The first-order valence-electron chi connectivity index (χ1n) is 6.19. The fraction of sp³-hybridized carbons (Fsp3) is 0.357. The maximum Gasteiger partial charge on any atom is 0.140 e. The molecular formula is C14H17ClN2OS. The van der Waals surface area contributed by atoms with E-state index in [1.807, 2.05) is 30.5 Å². The van der Waals surface area contributed by atoms with Gasteiger partial charge in [0.25, 0.3) is 0 Å². The average Bonchev–Trinajstić information content (AvgIpc) is 2.83. The summed E-state index contributed by atoms with van der Waals surface area (Å²) in [6.07, 6.45) is 1.89. The van der Waals surface area contributed by atoms with Gasteiger partial charge in [-0.05, 0) is 12.1 Å². The minimum atomic E-state index is 0.454. The standard InChI is InChI=1S/C14H17ClN2OS/c1-10(2)16-7-11-8-17-14(19-11)9-18-13-6-4-3-5-12(13)15/h3-6,8,10,16H,7,9H2,1-2H3. The molecule has 1 aromatic heterocycles. The van der Waals surface area contributed by atoms with Crippen LogP contribution >= 0.6 is 22.9 Å². The predicted molar refractivity (Wildman–Crippen MR) is 79.9 cm³/mol. The molecule has 1 N–H and O–H groups in total. The van der Waals surface area contributed by atoms with E-state index in [4.69, 9.17) is 16.3 Å². The van der Waals surface area contributed by atoms with E-state index in [1.54, 1.807) is 11.3 Å². The third kappa shape index (κ3) is 4.49. The summed E-state index contributed by atoms with van der Waals surface area (Å²) in [5.74, 6) is 0.696. The van der Waals surface area contributed by atoms with Crippen LogP contribution in [0.25, 0.3) is 0 Å². The van der Waals surface area contributed by atoms with Crippen LogP contribution in [-0.4, -0.2) is 11.0 Å². The van der Waals surface area contributed by atoms with Gasteiger partial charge in [0, 0.05) is 23.7 Å². The van der Waals surface area contributed by atoms with Gasteiger partial charge < -0.3 is 10.1 Å². The number of ether oxygens (including phenoxy) is 1. The smallest absolute Gasteiger partial charge is 0.140 e. The quantitative estimate of drug-likeness (QED) is 0.878. The fourth-order valence-corrected chi connectivity index (χ4v) is 2.48. The Labute approximate surface area is 122 Å². The monoisotopic (exact) mass is 296 g/mol. The second-order valence-electron chi connectivity index (χ2n) is 4.48. The van der Waals surface area contributed by atoms with Crippen molar-refractivity contribution in [3.05, 3.63) is 45.4 Å². The van der Waals surface area contributed by atoms with Gasteiger partial charge >= 0.3 is 0 Å². The van der Waals surface area contributed by atoms with Gasteiger partial charge in [0.2, 0.25) is 0 Å². The number of hydrogen-bond donors (Lipinski definition) is 1. The highest BCUT2D eigenvalue weighted by molar-refractivity contribution is 7.11. The topological polar surface area (TPSA) is 34.2 Å². The molecule has 0 fully saturated rings. The summed E-state index contributed by atoms with van der Waals surface area (Å²) in [6, 6.07) is 7.94. The lowest BCUT2D eigenvalue weighted by atomic mass is 10.3. The van der Waals surface area contributed by atoms with Gasteiger partial charge in [-0.3, -0.25) is 0 Å². The molecule has 0 atom stereocenters. The van der Waals surface area contributed by atoms with Gasteiger partial charge in [-0.1, -0.05) is 37.6 Å². The van der Waals surface area contributed by atoms with Crippen molar-refractivity contribution in [1.82, 2.24) is 10.3 Å². The van der Waals surface area contributed by atoms with Crippen LogP contribution in [0.3, 0.4) is 0 Å². The van der Waals surface area contributed by atoms with Crippen molar-refractivity contribution in [2.45, 2.75) is 33.0 Å². The van der Waals surface area contributed by atoms with Crippen LogP contribution in [0, 0.1) is 0 Å². The maximum absolute atomic E-state index is 6.03. The third-order valence-corrected chi connectivity index (χ3v) is 3.76. The Balaban J connectivity index is 1.88. The van der Waals surface area contributed by atoms with Crippen molar-refractivity contribution in [2.24, 2.45) is 0 Å². The number of nitrogens with zero attached hydrogens (tertiary/aromatic N) is 1. The summed E-state index contributed by atoms with van der Waals surface area (Å²) in [7, 11) is 0. The van der Waals surface area contributed by atoms with E-state index in [9.17, 15) is 0 Å². The van der Waals surface area contributed by atoms with Gasteiger partial charge in [0.1, 0.15) is 17.4 Å². The molecule has 0 aliphatic rings. The van der Waals surface area contributed by atoms with Crippen molar-refractivity contribution in [2.75, 3.05) is 0 Å². The van der Waals surface area contributed by atoms with E-state index < -0.39 is 0 Å². The van der Waals surface area contributed by atoms with Gasteiger partial charge in [0.05, 0.1) is 5.02 Å². The van der Waals surface area contributed by atoms with E-state index in [1.165, 1.54) is 4.88 Å². The zero-order valence-electron chi connectivity index (χ0n) is 11.0. The summed E-state index contributed by atoms with van der Waals surface area (Å²) < 4.78 is 5.66. The first-order valence-corrected chi connectivity index (χ1v) is 7.39. The highest BCUT2D eigenvalue weighted by Gasteiger charge is 2.05. The first kappa shape index (κ1) is 14.3. The van der Waals surface area contributed by atoms with Crippen molar-refractivity contribution in [3.8, 4) is 5.75 Å². The number of thiazole rings is 1. The van der Waals surface area contributed by atoms with E-state index in [2.05, 4.69) is 24.1 Å². The lowest BCUT2D eigenvalue weighted by molar-refractivity contribution is 0.306. The Hall–Kier alpha value is -1.10. The zero-order valence-corrected chi connectivity index (χ0v) is 12.6. The minimum absolute atomic E-state index is 0.454. The van der Waals surface area contributed by atoms with Crippen molar-refractivity contribution in [3.63, 3.8) is 0 Å². The number of nitrogens with one attached hydrogen (secondary N) is 1. The Bertz CT molecular complexity index is 528. The van der Waals surface area contributed by atoms with Crippen LogP contribution in [0.4, 0.5) is 0 Å². The fourth-order valence-electron chi connectivity index (χ4n) is 1.50. The van der Waals surface area contributed by atoms with Crippen molar-refractivity contribution in [1.29, 1.82) is 0 Å². The van der Waals surface area contributed by atoms with Crippen LogP contribution in [0.5, 0.6) is 5.75 Å². The van der Waals surface area contributed by atoms with Crippen LogP contribution in [0.2, 0.25) is 5.02 Å². The van der Waals surface area contributed by atoms with E-state index >= 15 is 0 Å². The second kappa shape index (κ2) is 6.89. The molecule has 0 amide bonds. The molecule has 0 radical (unpaired) electrons. The molecule has 0 saturated carbocycles. The van der Waals surface area contributed by atoms with E-state index in [0.29, 0.717) is 23.4 Å². The molecule has 1 heterocycles. The molecule has 5 heteroatoms. The summed E-state index contributed by atoms with van der Waals surface area (Å²) in [5, 5.41) is 4.95. The second-order valence-corrected chi connectivity index (χ2v) is 6.08. The number of hydrogen-bond acceptors (Lipinski definition) is 4. The lowest BCUT2D eigenvalue weighted by Gasteiger charge is -2.06. The van der Waals surface area contributed by atoms with Crippen LogP contribution < -0.4 is 10.1 Å². The summed E-state index contributed by atoms with van der Waals surface area (Å²) in [6.45, 7) is 5.56. The molecule has 19 heavy (non-hydrogen) atoms. The highest BCUT2D eigenvalue weighted by atomic mass is 35.5. The molecule has 0 saturated heterocycles. The minimum Gasteiger partial charge on any atom is -0.485 e. The molecule has 2 aromatic rings. The molecule has 3 nitrogen and oxygen atoms in total. The zero-order chi connectivity index (χ0) is 13.7. The average molecular weight is 297 g/mol. The first-order chi connectivity index (χ1) is 9.15. The number of aromatic nitrogens is 1. The predicted octanol–water partition coefficient (Wildman–Crippen LogP) is 3.87. The van der Waals surface area contributed by atoms with Gasteiger partial charge in [-0.25, -0.2) is 4.98 Å². The number of benzene rings is 1. The maximum atomic E-state index is 6.03. The van der Waals surface area contributed by atoms with Crippen molar-refractivity contribution < 1.29 is 4.74 Å². The number of rotatable bonds is 6. The Kier molecular flexibility index (Phi) is 5.19. The summed E-state index contributed by atoms with van der Waals surface area (Å²) in [5.41, 5.74) is 0. The molecule has 2 rings (SSSR count). The lowest BCUT2D eigenvalue weighted by Crippen LogP contribution is -2.21. The van der Waals surface area contributed by atoms with Crippen LogP contribution in [0.15, 0.2) is 30.5 Å². The highest BCUT2D eigenvalue weighted by Crippen LogP contribution is 2.24. The summed E-state index contributed by atoms with van der Waals surface area (Å²) >= 11 is 7.69. The van der Waals surface area contributed by atoms with Gasteiger partial charge in [-0.15, -0.1) is 11.3 Å². The largest absolute Gasteiger partial charge is 0.485 e. The summed E-state index contributed by atoms with van der Waals surface area (Å²) in [4.78, 5) is 5.56. The molecule has 0 unspecified atom stereocenters. The molecule has 0 bridgehead atoms. The Morgan fingerprint density at radius 1 is 1.37 bits per heavy atom. The third-order valence-electron chi connectivity index (χ3n) is 2.47. The van der Waals surface area contributed by atoms with Crippen LogP contribution in [0.1, 0.15) is 23.7 Å². The molecule has 0 aliphatic carbocycles. The van der Waals surface area contributed by atoms with E-state index in [-0.39, 0.29) is 0 Å². The molecule has 0 aliphatic heterocycles. The SMILES string of the molecule is CC(C)NCc1cnc(COc2ccccc2Cl)s1. The normalized spacial score (nSPS) is 10.9. The number of para-hydroxylation sites is 1.